The molecule has 20 heavy (non-hydrogen) atoms. The summed E-state index contributed by atoms with van der Waals surface area (Å²) in [5.74, 6) is -0.337. The smallest absolute Gasteiger partial charge is 0.271 e. The Kier molecular flexibility index (Phi) is 6.23. The van der Waals surface area contributed by atoms with Crippen LogP contribution in [0.15, 0.2) is 12.1 Å². The third-order valence-corrected chi connectivity index (χ3v) is 3.71. The van der Waals surface area contributed by atoms with Crippen LogP contribution in [-0.2, 0) is 0 Å². The number of hydrogen-bond donors (Lipinski definition) is 0. The monoisotopic (exact) mass is 318 g/mol. The molecule has 1 aromatic rings. The molecule has 0 atom stereocenters. The summed E-state index contributed by atoms with van der Waals surface area (Å²) in [6.07, 6.45) is 1.81. The molecule has 0 fully saturated rings. The molecule has 0 radical (unpaired) electrons. The van der Waals surface area contributed by atoms with Crippen molar-refractivity contribution in [2.24, 2.45) is 0 Å². The van der Waals surface area contributed by atoms with Crippen molar-refractivity contribution in [3.05, 3.63) is 37.9 Å². The topological polar surface area (TPSA) is 63.5 Å². The van der Waals surface area contributed by atoms with E-state index in [9.17, 15) is 14.9 Å². The number of carbonyl (C=O) groups is 1. The highest BCUT2D eigenvalue weighted by Gasteiger charge is 2.22. The van der Waals surface area contributed by atoms with E-state index in [2.05, 4.69) is 0 Å². The van der Waals surface area contributed by atoms with Crippen molar-refractivity contribution in [3.63, 3.8) is 0 Å². The minimum absolute atomic E-state index is 0.00996. The molecule has 1 aromatic carbocycles. The van der Waals surface area contributed by atoms with E-state index in [1.54, 1.807) is 4.90 Å². The maximum atomic E-state index is 12.4. The zero-order valence-corrected chi connectivity index (χ0v) is 12.9. The number of nitro benzene ring substituents is 1. The van der Waals surface area contributed by atoms with E-state index >= 15 is 0 Å². The van der Waals surface area contributed by atoms with Crippen LogP contribution >= 0.6 is 23.2 Å². The van der Waals surface area contributed by atoms with Gasteiger partial charge in [0, 0.05) is 25.2 Å². The number of amides is 1. The Bertz CT molecular complexity index is 521. The molecule has 0 saturated carbocycles. The minimum atomic E-state index is -0.596. The van der Waals surface area contributed by atoms with Gasteiger partial charge in [-0.3, -0.25) is 14.9 Å². The number of nitrogens with zero attached hydrogens (tertiary/aromatic N) is 2. The maximum absolute atomic E-state index is 12.4. The van der Waals surface area contributed by atoms with Crippen molar-refractivity contribution < 1.29 is 9.72 Å². The van der Waals surface area contributed by atoms with Gasteiger partial charge in [-0.1, -0.05) is 36.5 Å². The fourth-order valence-electron chi connectivity index (χ4n) is 1.76. The number of carbonyl (C=O) groups excluding carboxylic acids is 1. The number of non-ortho nitro benzene ring substituents is 1. The van der Waals surface area contributed by atoms with Crippen molar-refractivity contribution in [2.75, 3.05) is 13.1 Å². The molecule has 0 saturated heterocycles. The molecule has 0 aliphatic heterocycles. The Hall–Kier alpha value is -1.33. The van der Waals surface area contributed by atoms with Crippen molar-refractivity contribution in [1.82, 2.24) is 4.90 Å². The zero-order chi connectivity index (χ0) is 15.3. The molecule has 0 aliphatic carbocycles. The number of rotatable bonds is 6. The van der Waals surface area contributed by atoms with Gasteiger partial charge in [0.25, 0.3) is 11.6 Å². The largest absolute Gasteiger partial charge is 0.339 e. The molecule has 7 heteroatoms. The summed E-state index contributed by atoms with van der Waals surface area (Å²) in [7, 11) is 0. The standard InChI is InChI=1S/C13H16Cl2N2O3/c1-3-5-6-16(4-2)13(18)10-7-9(17(19)20)8-11(14)12(10)15/h7-8H,3-6H2,1-2H3. The fraction of sp³-hybridized carbons (Fsp3) is 0.462. The first-order valence-corrected chi connectivity index (χ1v) is 7.10. The maximum Gasteiger partial charge on any atom is 0.271 e. The molecule has 0 aliphatic rings. The second-order valence-corrected chi connectivity index (χ2v) is 5.07. The van der Waals surface area contributed by atoms with Crippen molar-refractivity contribution in [1.29, 1.82) is 0 Å². The summed E-state index contributed by atoms with van der Waals surface area (Å²) in [6.45, 7) is 4.97. The van der Waals surface area contributed by atoms with Crippen molar-refractivity contribution in [3.8, 4) is 0 Å². The molecule has 5 nitrogen and oxygen atoms in total. The van der Waals surface area contributed by atoms with Crippen LogP contribution in [0.3, 0.4) is 0 Å². The molecule has 0 spiro atoms. The second kappa shape index (κ2) is 7.45. The molecular weight excluding hydrogens is 303 g/mol. The predicted octanol–water partition coefficient (Wildman–Crippen LogP) is 4.16. The van der Waals surface area contributed by atoms with E-state index in [0.717, 1.165) is 18.9 Å². The Balaban J connectivity index is 3.16. The number of halogens is 2. The van der Waals surface area contributed by atoms with Gasteiger partial charge in [-0.15, -0.1) is 0 Å². The molecular formula is C13H16Cl2N2O3. The van der Waals surface area contributed by atoms with E-state index in [-0.39, 0.29) is 27.2 Å². The summed E-state index contributed by atoms with van der Waals surface area (Å²) in [5.41, 5.74) is -0.168. The van der Waals surface area contributed by atoms with Gasteiger partial charge in [0.2, 0.25) is 0 Å². The Morgan fingerprint density at radius 2 is 2.00 bits per heavy atom. The molecule has 0 heterocycles. The minimum Gasteiger partial charge on any atom is -0.339 e. The lowest BCUT2D eigenvalue weighted by molar-refractivity contribution is -0.384. The number of unbranched alkanes of at least 4 members (excludes halogenated alkanes) is 1. The number of benzene rings is 1. The Morgan fingerprint density at radius 3 is 2.50 bits per heavy atom. The van der Waals surface area contributed by atoms with E-state index in [0.29, 0.717) is 13.1 Å². The molecule has 0 bridgehead atoms. The third kappa shape index (κ3) is 3.84. The van der Waals surface area contributed by atoms with Gasteiger partial charge in [-0.2, -0.15) is 0 Å². The molecule has 110 valence electrons. The highest BCUT2D eigenvalue weighted by Crippen LogP contribution is 2.31. The number of nitro groups is 1. The van der Waals surface area contributed by atoms with E-state index in [1.165, 1.54) is 6.07 Å². The van der Waals surface area contributed by atoms with Crippen LogP contribution in [0.5, 0.6) is 0 Å². The van der Waals surface area contributed by atoms with Gasteiger partial charge in [0.1, 0.15) is 0 Å². The summed E-state index contributed by atoms with van der Waals surface area (Å²) >= 11 is 11.9. The first-order chi connectivity index (χ1) is 9.42. The lowest BCUT2D eigenvalue weighted by Crippen LogP contribution is -2.32. The molecule has 0 aromatic heterocycles. The van der Waals surface area contributed by atoms with Gasteiger partial charge in [0.05, 0.1) is 20.5 Å². The van der Waals surface area contributed by atoms with Crippen LogP contribution in [0.1, 0.15) is 37.0 Å². The Labute approximate surface area is 127 Å². The fourth-order valence-corrected chi connectivity index (χ4v) is 2.16. The van der Waals surface area contributed by atoms with Gasteiger partial charge < -0.3 is 4.90 Å². The lowest BCUT2D eigenvalue weighted by atomic mass is 10.1. The molecule has 1 rings (SSSR count). The van der Waals surface area contributed by atoms with Crippen LogP contribution in [0.4, 0.5) is 5.69 Å². The Morgan fingerprint density at radius 1 is 1.35 bits per heavy atom. The molecule has 1 amide bonds. The van der Waals surface area contributed by atoms with Crippen molar-refractivity contribution in [2.45, 2.75) is 26.7 Å². The highest BCUT2D eigenvalue weighted by molar-refractivity contribution is 6.44. The normalized spacial score (nSPS) is 10.4. The average Bonchev–Trinajstić information content (AvgIpc) is 2.42. The second-order valence-electron chi connectivity index (χ2n) is 4.28. The predicted molar refractivity (Wildman–Crippen MR) is 79.6 cm³/mol. The van der Waals surface area contributed by atoms with Gasteiger partial charge in [-0.05, 0) is 13.3 Å². The van der Waals surface area contributed by atoms with Gasteiger partial charge >= 0.3 is 0 Å². The average molecular weight is 319 g/mol. The quantitative estimate of drug-likeness (QED) is 0.584. The SMILES string of the molecule is CCCCN(CC)C(=O)c1cc([N+](=O)[O-])cc(Cl)c1Cl. The van der Waals surface area contributed by atoms with Crippen LogP contribution in [-0.4, -0.2) is 28.8 Å². The van der Waals surface area contributed by atoms with E-state index in [4.69, 9.17) is 23.2 Å². The van der Waals surface area contributed by atoms with Crippen LogP contribution in [0, 0.1) is 10.1 Å². The summed E-state index contributed by atoms with van der Waals surface area (Å²) in [6, 6.07) is 2.31. The number of hydrogen-bond acceptors (Lipinski definition) is 3. The summed E-state index contributed by atoms with van der Waals surface area (Å²) < 4.78 is 0. The molecule has 0 N–H and O–H groups in total. The van der Waals surface area contributed by atoms with Gasteiger partial charge in [-0.25, -0.2) is 0 Å². The van der Waals surface area contributed by atoms with E-state index < -0.39 is 4.92 Å². The third-order valence-electron chi connectivity index (χ3n) is 2.90. The molecule has 0 unspecified atom stereocenters. The summed E-state index contributed by atoms with van der Waals surface area (Å²) in [4.78, 5) is 24.2. The van der Waals surface area contributed by atoms with Crippen molar-refractivity contribution >= 4 is 34.8 Å². The first kappa shape index (κ1) is 16.7. The van der Waals surface area contributed by atoms with Crippen LogP contribution in [0.2, 0.25) is 10.0 Å². The lowest BCUT2D eigenvalue weighted by Gasteiger charge is -2.21. The first-order valence-electron chi connectivity index (χ1n) is 6.35. The summed E-state index contributed by atoms with van der Waals surface area (Å²) in [5, 5.41) is 10.9. The van der Waals surface area contributed by atoms with Crippen LogP contribution in [0.25, 0.3) is 0 Å². The van der Waals surface area contributed by atoms with Gasteiger partial charge in [0.15, 0.2) is 0 Å². The van der Waals surface area contributed by atoms with E-state index in [1.807, 2.05) is 13.8 Å². The highest BCUT2D eigenvalue weighted by atomic mass is 35.5. The zero-order valence-electron chi connectivity index (χ0n) is 11.4. The van der Waals surface area contributed by atoms with Crippen LogP contribution < -0.4 is 0 Å².